The van der Waals surface area contributed by atoms with E-state index in [4.69, 9.17) is 5.73 Å². The first kappa shape index (κ1) is 12.5. The Hall–Kier alpha value is -0.910. The number of hydrogen-bond acceptors (Lipinski definition) is 3. The fourth-order valence-electron chi connectivity index (χ4n) is 1.98. The van der Waals surface area contributed by atoms with Gasteiger partial charge in [-0.2, -0.15) is 0 Å². The van der Waals surface area contributed by atoms with Gasteiger partial charge in [-0.3, -0.25) is 9.69 Å². The number of rotatable bonds is 3. The second-order valence-corrected chi connectivity index (χ2v) is 5.26. The quantitative estimate of drug-likeness (QED) is 0.887. The van der Waals surface area contributed by atoms with Gasteiger partial charge in [0.15, 0.2) is 0 Å². The van der Waals surface area contributed by atoms with E-state index in [1.54, 1.807) is 0 Å². The molecular weight excluding hydrogens is 282 g/mol. The minimum atomic E-state index is 0.0113. The van der Waals surface area contributed by atoms with E-state index in [0.29, 0.717) is 6.54 Å². The summed E-state index contributed by atoms with van der Waals surface area (Å²) in [5.74, 6) is 0.0113. The van der Waals surface area contributed by atoms with Gasteiger partial charge in [0, 0.05) is 29.3 Å². The fourth-order valence-corrected chi connectivity index (χ4v) is 2.38. The molecule has 0 unspecified atom stereocenters. The Labute approximate surface area is 109 Å². The van der Waals surface area contributed by atoms with E-state index in [9.17, 15) is 4.79 Å². The van der Waals surface area contributed by atoms with Crippen molar-refractivity contribution in [1.82, 2.24) is 4.90 Å². The first-order valence-corrected chi connectivity index (χ1v) is 6.46. The predicted octanol–water partition coefficient (Wildman–Crippen LogP) is 1.42. The average molecular weight is 298 g/mol. The topological polar surface area (TPSA) is 58.4 Å². The molecule has 17 heavy (non-hydrogen) atoms. The highest BCUT2D eigenvalue weighted by Gasteiger charge is 2.20. The minimum Gasteiger partial charge on any atom is -0.326 e. The van der Waals surface area contributed by atoms with E-state index in [1.165, 1.54) is 0 Å². The average Bonchev–Trinajstić information content (AvgIpc) is 2.63. The molecular formula is C12H16BrN3O. The standard InChI is InChI=1S/C12H16BrN3O/c13-9-2-1-3-11(6-9)15-12(17)8-16-5-4-10(14)7-16/h1-3,6,10H,4-5,7-8,14H2,(H,15,17)/t10-/m1/s1. The maximum Gasteiger partial charge on any atom is 0.238 e. The van der Waals surface area contributed by atoms with Gasteiger partial charge in [0.2, 0.25) is 5.91 Å². The lowest BCUT2D eigenvalue weighted by molar-refractivity contribution is -0.117. The zero-order valence-corrected chi connectivity index (χ0v) is 11.1. The molecule has 1 aromatic carbocycles. The van der Waals surface area contributed by atoms with Gasteiger partial charge in [0.25, 0.3) is 0 Å². The van der Waals surface area contributed by atoms with E-state index < -0.39 is 0 Å². The van der Waals surface area contributed by atoms with Gasteiger partial charge in [-0.15, -0.1) is 0 Å². The monoisotopic (exact) mass is 297 g/mol. The molecule has 0 aromatic heterocycles. The van der Waals surface area contributed by atoms with Gasteiger partial charge in [-0.05, 0) is 24.6 Å². The Morgan fingerprint density at radius 1 is 1.59 bits per heavy atom. The molecule has 0 bridgehead atoms. The smallest absolute Gasteiger partial charge is 0.238 e. The highest BCUT2D eigenvalue weighted by molar-refractivity contribution is 9.10. The summed E-state index contributed by atoms with van der Waals surface area (Å²) in [4.78, 5) is 13.9. The SMILES string of the molecule is N[C@@H]1CCN(CC(=O)Nc2cccc(Br)c2)C1. The molecule has 1 aliphatic rings. The molecule has 1 amide bonds. The number of benzene rings is 1. The van der Waals surface area contributed by atoms with Crippen LogP contribution in [-0.2, 0) is 4.79 Å². The number of nitrogens with zero attached hydrogens (tertiary/aromatic N) is 1. The fraction of sp³-hybridized carbons (Fsp3) is 0.417. The van der Waals surface area contributed by atoms with Crippen LogP contribution in [0.3, 0.4) is 0 Å². The minimum absolute atomic E-state index is 0.0113. The second-order valence-electron chi connectivity index (χ2n) is 4.34. The van der Waals surface area contributed by atoms with Crippen LogP contribution in [0.1, 0.15) is 6.42 Å². The highest BCUT2D eigenvalue weighted by atomic mass is 79.9. The van der Waals surface area contributed by atoms with Crippen LogP contribution in [0.4, 0.5) is 5.69 Å². The summed E-state index contributed by atoms with van der Waals surface area (Å²) in [5.41, 5.74) is 6.61. The molecule has 2 rings (SSSR count). The third-order valence-electron chi connectivity index (χ3n) is 2.78. The Morgan fingerprint density at radius 3 is 3.06 bits per heavy atom. The summed E-state index contributed by atoms with van der Waals surface area (Å²) < 4.78 is 0.957. The van der Waals surface area contributed by atoms with Crippen LogP contribution < -0.4 is 11.1 Å². The summed E-state index contributed by atoms with van der Waals surface area (Å²) in [6.07, 6.45) is 0.976. The maximum absolute atomic E-state index is 11.8. The van der Waals surface area contributed by atoms with Crippen molar-refractivity contribution in [1.29, 1.82) is 0 Å². The number of nitrogens with one attached hydrogen (secondary N) is 1. The summed E-state index contributed by atoms with van der Waals surface area (Å²) >= 11 is 3.37. The Kier molecular flexibility index (Phi) is 4.15. The number of nitrogens with two attached hydrogens (primary N) is 1. The van der Waals surface area contributed by atoms with Gasteiger partial charge in [0.1, 0.15) is 0 Å². The van der Waals surface area contributed by atoms with E-state index in [0.717, 1.165) is 29.7 Å². The molecule has 0 saturated carbocycles. The summed E-state index contributed by atoms with van der Waals surface area (Å²) in [6, 6.07) is 7.79. The van der Waals surface area contributed by atoms with Gasteiger partial charge in [-0.25, -0.2) is 0 Å². The van der Waals surface area contributed by atoms with E-state index in [1.807, 2.05) is 24.3 Å². The Bertz CT molecular complexity index is 410. The van der Waals surface area contributed by atoms with Crippen molar-refractivity contribution in [3.63, 3.8) is 0 Å². The van der Waals surface area contributed by atoms with Crippen LogP contribution in [0.15, 0.2) is 28.7 Å². The van der Waals surface area contributed by atoms with Crippen molar-refractivity contribution < 1.29 is 4.79 Å². The number of amides is 1. The summed E-state index contributed by atoms with van der Waals surface area (Å²) in [7, 11) is 0. The first-order valence-electron chi connectivity index (χ1n) is 5.67. The summed E-state index contributed by atoms with van der Waals surface area (Å²) in [5, 5.41) is 2.87. The lowest BCUT2D eigenvalue weighted by Gasteiger charge is -2.14. The zero-order valence-electron chi connectivity index (χ0n) is 9.53. The van der Waals surface area contributed by atoms with E-state index in [-0.39, 0.29) is 11.9 Å². The van der Waals surface area contributed by atoms with Gasteiger partial charge >= 0.3 is 0 Å². The normalized spacial score (nSPS) is 20.5. The van der Waals surface area contributed by atoms with Gasteiger partial charge < -0.3 is 11.1 Å². The number of carbonyl (C=O) groups excluding carboxylic acids is 1. The molecule has 0 aliphatic carbocycles. The molecule has 5 heteroatoms. The maximum atomic E-state index is 11.8. The molecule has 1 atom stereocenters. The Morgan fingerprint density at radius 2 is 2.41 bits per heavy atom. The highest BCUT2D eigenvalue weighted by Crippen LogP contribution is 2.15. The molecule has 92 valence electrons. The van der Waals surface area contributed by atoms with Crippen LogP contribution in [0.25, 0.3) is 0 Å². The molecule has 1 fully saturated rings. The molecule has 4 nitrogen and oxygen atoms in total. The number of anilines is 1. The van der Waals surface area contributed by atoms with Crippen LogP contribution in [0.5, 0.6) is 0 Å². The number of halogens is 1. The lowest BCUT2D eigenvalue weighted by atomic mass is 10.3. The lowest BCUT2D eigenvalue weighted by Crippen LogP contribution is -2.33. The van der Waals surface area contributed by atoms with Crippen LogP contribution >= 0.6 is 15.9 Å². The number of likely N-dealkylation sites (tertiary alicyclic amines) is 1. The third kappa shape index (κ3) is 3.80. The van der Waals surface area contributed by atoms with E-state index in [2.05, 4.69) is 26.1 Å². The van der Waals surface area contributed by atoms with Gasteiger partial charge in [-0.1, -0.05) is 22.0 Å². The largest absolute Gasteiger partial charge is 0.326 e. The number of carbonyl (C=O) groups is 1. The zero-order chi connectivity index (χ0) is 12.3. The second kappa shape index (κ2) is 5.62. The van der Waals surface area contributed by atoms with Crippen molar-refractivity contribution in [2.24, 2.45) is 5.73 Å². The van der Waals surface area contributed by atoms with Crippen molar-refractivity contribution in [3.8, 4) is 0 Å². The van der Waals surface area contributed by atoms with Crippen LogP contribution in [0.2, 0.25) is 0 Å². The van der Waals surface area contributed by atoms with Crippen molar-refractivity contribution in [2.75, 3.05) is 25.0 Å². The van der Waals surface area contributed by atoms with Gasteiger partial charge in [0.05, 0.1) is 6.54 Å². The van der Waals surface area contributed by atoms with Crippen molar-refractivity contribution in [3.05, 3.63) is 28.7 Å². The first-order chi connectivity index (χ1) is 8.13. The Balaban J connectivity index is 1.85. The molecule has 0 radical (unpaired) electrons. The van der Waals surface area contributed by atoms with Crippen LogP contribution in [-0.4, -0.2) is 36.5 Å². The van der Waals surface area contributed by atoms with E-state index >= 15 is 0 Å². The molecule has 1 aromatic rings. The third-order valence-corrected chi connectivity index (χ3v) is 3.28. The van der Waals surface area contributed by atoms with Crippen molar-refractivity contribution in [2.45, 2.75) is 12.5 Å². The van der Waals surface area contributed by atoms with Crippen molar-refractivity contribution >= 4 is 27.5 Å². The molecule has 1 saturated heterocycles. The molecule has 3 N–H and O–H groups in total. The molecule has 1 aliphatic heterocycles. The molecule has 1 heterocycles. The summed E-state index contributed by atoms with van der Waals surface area (Å²) in [6.45, 7) is 2.14. The molecule has 0 spiro atoms. The van der Waals surface area contributed by atoms with Crippen LogP contribution in [0, 0.1) is 0 Å². The predicted molar refractivity (Wildman–Crippen MR) is 71.8 cm³/mol. The number of hydrogen-bond donors (Lipinski definition) is 2.